The maximum atomic E-state index is 13.6. The number of carbonyl (C=O) groups excluding carboxylic acids is 2. The second-order valence-corrected chi connectivity index (χ2v) is 7.77. The zero-order valence-electron chi connectivity index (χ0n) is 16.1. The molecule has 0 spiro atoms. The molecule has 1 N–H and O–H groups in total. The third-order valence-electron chi connectivity index (χ3n) is 5.79. The smallest absolute Gasteiger partial charge is 0.319 e. The Morgan fingerprint density at radius 2 is 1.43 bits per heavy atom. The first kappa shape index (κ1) is 18.7. The van der Waals surface area contributed by atoms with Crippen LogP contribution in [0.25, 0.3) is 0 Å². The number of rotatable bonds is 5. The van der Waals surface area contributed by atoms with Crippen LogP contribution in [0.2, 0.25) is 0 Å². The van der Waals surface area contributed by atoms with Gasteiger partial charge in [0.2, 0.25) is 0 Å². The van der Waals surface area contributed by atoms with Gasteiger partial charge in [0.15, 0.2) is 5.54 Å². The summed E-state index contributed by atoms with van der Waals surface area (Å²) in [4.78, 5) is 30.1. The topological polar surface area (TPSA) is 52.7 Å². The van der Waals surface area contributed by atoms with Gasteiger partial charge < -0.3 is 5.32 Å². The molecule has 2 aliphatic rings. The molecule has 5 heteroatoms. The first-order chi connectivity index (χ1) is 13.7. The van der Waals surface area contributed by atoms with Crippen LogP contribution in [-0.4, -0.2) is 41.5 Å². The van der Waals surface area contributed by atoms with Gasteiger partial charge in [0.25, 0.3) is 5.91 Å². The number of amides is 3. The maximum absolute atomic E-state index is 13.6. The van der Waals surface area contributed by atoms with Gasteiger partial charge in [-0.05, 0) is 37.1 Å². The van der Waals surface area contributed by atoms with Crippen molar-refractivity contribution in [3.8, 4) is 0 Å². The van der Waals surface area contributed by atoms with E-state index in [9.17, 15) is 9.59 Å². The summed E-state index contributed by atoms with van der Waals surface area (Å²) >= 11 is 0. The molecule has 3 amide bonds. The van der Waals surface area contributed by atoms with Crippen LogP contribution in [0.5, 0.6) is 0 Å². The largest absolute Gasteiger partial charge is 0.326 e. The van der Waals surface area contributed by atoms with Crippen molar-refractivity contribution in [2.24, 2.45) is 0 Å². The van der Waals surface area contributed by atoms with Gasteiger partial charge in [-0.15, -0.1) is 0 Å². The highest BCUT2D eigenvalue weighted by Gasteiger charge is 2.52. The lowest BCUT2D eigenvalue weighted by Crippen LogP contribution is -2.47. The molecule has 2 aromatic carbocycles. The van der Waals surface area contributed by atoms with E-state index >= 15 is 0 Å². The molecule has 2 heterocycles. The molecule has 146 valence electrons. The van der Waals surface area contributed by atoms with Crippen molar-refractivity contribution in [1.29, 1.82) is 0 Å². The number of likely N-dealkylation sites (tertiary alicyclic amines) is 1. The highest BCUT2D eigenvalue weighted by atomic mass is 16.2. The highest BCUT2D eigenvalue weighted by molar-refractivity contribution is 6.07. The molecule has 2 saturated heterocycles. The van der Waals surface area contributed by atoms with Gasteiger partial charge in [0.1, 0.15) is 0 Å². The molecule has 0 aromatic heterocycles. The van der Waals surface area contributed by atoms with Gasteiger partial charge in [-0.3, -0.25) is 9.69 Å². The summed E-state index contributed by atoms with van der Waals surface area (Å²) in [7, 11) is 0. The van der Waals surface area contributed by atoms with E-state index in [1.807, 2.05) is 60.7 Å². The van der Waals surface area contributed by atoms with Crippen LogP contribution in [-0.2, 0) is 16.8 Å². The molecular formula is C23H27N3O2. The van der Waals surface area contributed by atoms with Crippen molar-refractivity contribution >= 4 is 11.9 Å². The van der Waals surface area contributed by atoms with Crippen LogP contribution in [0, 0.1) is 0 Å². The molecule has 0 unspecified atom stereocenters. The summed E-state index contributed by atoms with van der Waals surface area (Å²) in [6.07, 6.45) is 5.13. The predicted molar refractivity (Wildman–Crippen MR) is 109 cm³/mol. The van der Waals surface area contributed by atoms with Crippen LogP contribution >= 0.6 is 0 Å². The molecule has 0 bridgehead atoms. The fourth-order valence-corrected chi connectivity index (χ4v) is 4.27. The Morgan fingerprint density at radius 1 is 0.821 bits per heavy atom. The van der Waals surface area contributed by atoms with E-state index in [1.54, 1.807) is 0 Å². The Bertz CT molecular complexity index is 816. The minimum Gasteiger partial charge on any atom is -0.319 e. The maximum Gasteiger partial charge on any atom is 0.326 e. The van der Waals surface area contributed by atoms with E-state index in [0.717, 1.165) is 37.1 Å². The van der Waals surface area contributed by atoms with Crippen LogP contribution in [0.4, 0.5) is 4.79 Å². The highest BCUT2D eigenvalue weighted by Crippen LogP contribution is 2.33. The van der Waals surface area contributed by atoms with Gasteiger partial charge >= 0.3 is 6.03 Å². The predicted octanol–water partition coefficient (Wildman–Crippen LogP) is 3.51. The third-order valence-corrected chi connectivity index (χ3v) is 5.79. The molecule has 28 heavy (non-hydrogen) atoms. The van der Waals surface area contributed by atoms with Crippen molar-refractivity contribution in [3.63, 3.8) is 0 Å². The Kier molecular flexibility index (Phi) is 5.44. The lowest BCUT2D eigenvalue weighted by Gasteiger charge is -2.29. The Labute approximate surface area is 166 Å². The standard InChI is InChI=1S/C23H27N3O2/c27-21-23(20-13-7-4-8-14-20,17-19-11-5-3-6-12-19)24-22(28)26(21)18-25-15-9-1-2-10-16-25/h3-8,11-14H,1-2,9-10,15-18H2,(H,24,28)/t23-/m1/s1. The molecule has 0 aliphatic carbocycles. The SMILES string of the molecule is O=C1N[C@](Cc2ccccc2)(c2ccccc2)C(=O)N1CN1CCCCCC1. The van der Waals surface area contributed by atoms with Crippen molar-refractivity contribution in [3.05, 3.63) is 71.8 Å². The summed E-state index contributed by atoms with van der Waals surface area (Å²) in [5.41, 5.74) is 0.804. The molecule has 4 rings (SSSR count). The lowest BCUT2D eigenvalue weighted by atomic mass is 9.83. The second kappa shape index (κ2) is 8.15. The minimum atomic E-state index is -1.05. The molecule has 0 saturated carbocycles. The number of hydrogen-bond acceptors (Lipinski definition) is 3. The third kappa shape index (κ3) is 3.67. The van der Waals surface area contributed by atoms with Gasteiger partial charge in [-0.25, -0.2) is 9.69 Å². The van der Waals surface area contributed by atoms with E-state index in [-0.39, 0.29) is 11.9 Å². The van der Waals surface area contributed by atoms with E-state index in [0.29, 0.717) is 13.1 Å². The normalized spacial score (nSPS) is 23.5. The minimum absolute atomic E-state index is 0.156. The van der Waals surface area contributed by atoms with Gasteiger partial charge in [-0.1, -0.05) is 73.5 Å². The van der Waals surface area contributed by atoms with Crippen LogP contribution in [0.1, 0.15) is 36.8 Å². The lowest BCUT2D eigenvalue weighted by molar-refractivity contribution is -0.133. The van der Waals surface area contributed by atoms with E-state index < -0.39 is 5.54 Å². The molecular weight excluding hydrogens is 350 g/mol. The van der Waals surface area contributed by atoms with E-state index in [4.69, 9.17) is 0 Å². The first-order valence-electron chi connectivity index (χ1n) is 10.1. The average Bonchev–Trinajstić information content (AvgIpc) is 2.90. The monoisotopic (exact) mass is 377 g/mol. The van der Waals surface area contributed by atoms with Gasteiger partial charge in [0, 0.05) is 6.42 Å². The number of nitrogens with one attached hydrogen (secondary N) is 1. The summed E-state index contributed by atoms with van der Waals surface area (Å²) in [6, 6.07) is 19.2. The molecule has 2 aliphatic heterocycles. The number of carbonyl (C=O) groups is 2. The summed E-state index contributed by atoms with van der Waals surface area (Å²) < 4.78 is 0. The zero-order valence-corrected chi connectivity index (χ0v) is 16.1. The zero-order chi connectivity index (χ0) is 19.4. The molecule has 0 radical (unpaired) electrons. The first-order valence-corrected chi connectivity index (χ1v) is 10.1. The Morgan fingerprint density at radius 3 is 2.07 bits per heavy atom. The summed E-state index contributed by atoms with van der Waals surface area (Å²) in [5, 5.41) is 3.05. The molecule has 1 atom stereocenters. The number of imide groups is 1. The molecule has 2 aromatic rings. The van der Waals surface area contributed by atoms with Gasteiger partial charge in [-0.2, -0.15) is 0 Å². The fraction of sp³-hybridized carbons (Fsp3) is 0.391. The molecule has 5 nitrogen and oxygen atoms in total. The van der Waals surface area contributed by atoms with E-state index in [2.05, 4.69) is 10.2 Å². The number of urea groups is 1. The number of hydrogen-bond donors (Lipinski definition) is 1. The van der Waals surface area contributed by atoms with Crippen molar-refractivity contribution < 1.29 is 9.59 Å². The van der Waals surface area contributed by atoms with Crippen LogP contribution < -0.4 is 5.32 Å². The van der Waals surface area contributed by atoms with Crippen molar-refractivity contribution in [2.75, 3.05) is 19.8 Å². The quantitative estimate of drug-likeness (QED) is 0.812. The Hall–Kier alpha value is -2.66. The number of nitrogens with zero attached hydrogens (tertiary/aromatic N) is 2. The van der Waals surface area contributed by atoms with Crippen LogP contribution in [0.15, 0.2) is 60.7 Å². The Balaban J connectivity index is 1.64. The average molecular weight is 377 g/mol. The molecule has 2 fully saturated rings. The summed E-state index contributed by atoms with van der Waals surface area (Å²) in [5.74, 6) is -0.156. The second-order valence-electron chi connectivity index (χ2n) is 7.77. The van der Waals surface area contributed by atoms with Crippen molar-refractivity contribution in [1.82, 2.24) is 15.1 Å². The van der Waals surface area contributed by atoms with Crippen molar-refractivity contribution in [2.45, 2.75) is 37.6 Å². The van der Waals surface area contributed by atoms with Gasteiger partial charge in [0.05, 0.1) is 6.67 Å². The van der Waals surface area contributed by atoms with E-state index in [1.165, 1.54) is 17.7 Å². The van der Waals surface area contributed by atoms with Crippen LogP contribution in [0.3, 0.4) is 0 Å². The fourth-order valence-electron chi connectivity index (χ4n) is 4.27. The number of benzene rings is 2. The summed E-state index contributed by atoms with van der Waals surface area (Å²) in [6.45, 7) is 2.25.